The first-order valence-electron chi connectivity index (χ1n) is 16.5. The second kappa shape index (κ2) is 15.7. The van der Waals surface area contributed by atoms with Crippen LogP contribution in [0, 0.1) is 5.82 Å². The molecule has 0 aliphatic carbocycles. The lowest BCUT2D eigenvalue weighted by Crippen LogP contribution is -2.71. The Balaban J connectivity index is 1.02. The molecular formula is C33H30FN9O11S4. The second-order valence-corrected chi connectivity index (χ2v) is 17.6. The number of nitrogens with one attached hydrogen (secondary N) is 2. The number of aliphatic carboxylic acids is 1. The summed E-state index contributed by atoms with van der Waals surface area (Å²) in [5.41, 5.74) is 8.75. The fourth-order valence-electron chi connectivity index (χ4n) is 5.87. The summed E-state index contributed by atoms with van der Waals surface area (Å²) in [6.07, 6.45) is 3.16. The van der Waals surface area contributed by atoms with E-state index in [2.05, 4.69) is 26.0 Å². The minimum atomic E-state index is -4.00. The van der Waals surface area contributed by atoms with E-state index in [1.807, 2.05) is 0 Å². The predicted molar refractivity (Wildman–Crippen MR) is 208 cm³/mol. The minimum Gasteiger partial charge on any atom is -0.504 e. The number of hydrogen-bond donors (Lipinski definition) is 8. The monoisotopic (exact) mass is 875 g/mol. The van der Waals surface area contributed by atoms with E-state index in [1.165, 1.54) is 45.1 Å². The highest BCUT2D eigenvalue weighted by Gasteiger charge is 2.54. The Morgan fingerprint density at radius 2 is 1.93 bits per heavy atom. The van der Waals surface area contributed by atoms with Crippen molar-refractivity contribution in [2.75, 3.05) is 23.1 Å². The standard InChI is InChI=1S/C33H30FN9O11S4/c1-14-6-23(43-22(36-14)8-41(40-43)13-58(52,53)17-3-5-19(44)21(46)7-17)55-10-16-11-56-31-26(30(49)42(31)27(16)32(50)51)38-29(48)25(18-12-57-33(35)37-18)39-54-9-15-2-4-20(45)28(47)24(15)34/h2-8,12,26,31,40,44-47H,9-11,13H2,1H3,(H2,35,37)(H,38,48)(H,50,51)/t26-,31-/m1/s1. The van der Waals surface area contributed by atoms with Gasteiger partial charge in [-0.05, 0) is 42.8 Å². The van der Waals surface area contributed by atoms with Crippen LogP contribution in [-0.2, 0) is 35.7 Å². The van der Waals surface area contributed by atoms with E-state index < -0.39 is 86.0 Å². The number of aromatic nitrogens is 1. The molecule has 0 radical (unpaired) electrons. The van der Waals surface area contributed by atoms with Gasteiger partial charge in [0.25, 0.3) is 11.8 Å². The largest absolute Gasteiger partial charge is 0.504 e. The number of β-lactam (4-membered cyclic amide) rings is 1. The first kappa shape index (κ1) is 40.2. The molecular weight excluding hydrogens is 846 g/mol. The Hall–Kier alpha value is -6.02. The number of aromatic hydroxyl groups is 4. The van der Waals surface area contributed by atoms with Crippen LogP contribution in [0.4, 0.5) is 9.52 Å². The Morgan fingerprint density at radius 1 is 1.17 bits per heavy atom. The van der Waals surface area contributed by atoms with Crippen molar-refractivity contribution in [2.45, 2.75) is 29.8 Å². The lowest BCUT2D eigenvalue weighted by molar-refractivity contribution is -0.150. The van der Waals surface area contributed by atoms with E-state index >= 15 is 0 Å². The number of thiazole rings is 1. The Labute approximate surface area is 339 Å². The van der Waals surface area contributed by atoms with Gasteiger partial charge in [0.2, 0.25) is 0 Å². The predicted octanol–water partition coefficient (Wildman–Crippen LogP) is 1.66. The Bertz CT molecular complexity index is 2530. The molecule has 9 N–H and O–H groups in total. The van der Waals surface area contributed by atoms with Gasteiger partial charge in [-0.3, -0.25) is 19.5 Å². The molecule has 1 fully saturated rings. The van der Waals surface area contributed by atoms with Gasteiger partial charge in [0.05, 0.1) is 16.1 Å². The minimum absolute atomic E-state index is 0.0236. The summed E-state index contributed by atoms with van der Waals surface area (Å²) in [5.74, 6) is -6.89. The maximum Gasteiger partial charge on any atom is 0.352 e. The number of amides is 2. The van der Waals surface area contributed by atoms with Crippen molar-refractivity contribution in [3.8, 4) is 23.0 Å². The highest BCUT2D eigenvalue weighted by molar-refractivity contribution is 8.03. The summed E-state index contributed by atoms with van der Waals surface area (Å²) in [4.78, 5) is 54.2. The third kappa shape index (κ3) is 7.80. The molecule has 0 spiro atoms. The molecule has 5 heterocycles. The highest BCUT2D eigenvalue weighted by Crippen LogP contribution is 2.42. The van der Waals surface area contributed by atoms with E-state index in [4.69, 9.17) is 10.6 Å². The van der Waals surface area contributed by atoms with Crippen molar-refractivity contribution >= 4 is 79.0 Å². The lowest BCUT2D eigenvalue weighted by atomic mass is 10.0. The highest BCUT2D eigenvalue weighted by atomic mass is 32.2. The van der Waals surface area contributed by atoms with E-state index in [0.717, 1.165) is 46.6 Å². The van der Waals surface area contributed by atoms with Gasteiger partial charge in [0, 0.05) is 34.2 Å². The molecule has 304 valence electrons. The molecule has 2 atom stereocenters. The third-order valence-electron chi connectivity index (χ3n) is 8.65. The van der Waals surface area contributed by atoms with Crippen molar-refractivity contribution in [3.63, 3.8) is 0 Å². The van der Waals surface area contributed by atoms with E-state index in [0.29, 0.717) is 22.1 Å². The summed E-state index contributed by atoms with van der Waals surface area (Å²) in [7, 11) is -4.00. The van der Waals surface area contributed by atoms with Crippen LogP contribution in [0.3, 0.4) is 0 Å². The number of fused-ring (bicyclic) bond motifs is 2. The Morgan fingerprint density at radius 3 is 2.64 bits per heavy atom. The van der Waals surface area contributed by atoms with Gasteiger partial charge in [0.15, 0.2) is 55.3 Å². The van der Waals surface area contributed by atoms with E-state index in [-0.39, 0.29) is 38.5 Å². The van der Waals surface area contributed by atoms with Crippen LogP contribution in [-0.4, -0.2) is 112 Å². The van der Waals surface area contributed by atoms with E-state index in [9.17, 15) is 52.7 Å². The van der Waals surface area contributed by atoms with Crippen LogP contribution >= 0.6 is 34.9 Å². The molecule has 0 saturated carbocycles. The van der Waals surface area contributed by atoms with E-state index in [1.54, 1.807) is 13.0 Å². The first-order chi connectivity index (χ1) is 27.5. The zero-order valence-electron chi connectivity index (χ0n) is 29.6. The number of thioether (sulfide) groups is 2. The number of nitrogens with two attached hydrogens (primary N) is 1. The van der Waals surface area contributed by atoms with Crippen molar-refractivity contribution in [3.05, 3.63) is 87.2 Å². The van der Waals surface area contributed by atoms with Gasteiger partial charge in [-0.2, -0.15) is 0 Å². The fourth-order valence-corrected chi connectivity index (χ4v) is 10.2. The number of nitrogens with zero attached hydrogens (tertiary/aromatic N) is 6. The number of hydrazine groups is 2. The van der Waals surface area contributed by atoms with Crippen LogP contribution in [0.2, 0.25) is 0 Å². The van der Waals surface area contributed by atoms with Crippen molar-refractivity contribution in [1.29, 1.82) is 0 Å². The zero-order valence-corrected chi connectivity index (χ0v) is 32.8. The summed E-state index contributed by atoms with van der Waals surface area (Å²) in [6.45, 7) is 1.15. The Kier molecular flexibility index (Phi) is 10.9. The number of rotatable bonds is 13. The fraction of sp³-hybridized carbons (Fsp3) is 0.212. The van der Waals surface area contributed by atoms with Gasteiger partial charge in [-0.15, -0.1) is 40.4 Å². The number of nitrogen functional groups attached to an aromatic ring is 1. The number of oxime groups is 1. The number of phenolic OH excluding ortho intramolecular Hbond substituents is 4. The normalized spacial score (nSPS) is 19.2. The molecule has 0 bridgehead atoms. The number of halogens is 1. The van der Waals surface area contributed by atoms with Crippen LogP contribution in [0.15, 0.2) is 85.2 Å². The SMILES string of the molecule is CC1=NC2=CN(CS(=O)(=O)c3ccc(O)c(O)c3)NN2C(SCC2=C(C(=O)O)N3C(=O)[C@@H](NC(=O)C(=NOCc4ccc(O)c(O)c4F)c4csc(N)n4)[C@H]3SC2)=C1. The summed E-state index contributed by atoms with van der Waals surface area (Å²) >= 11 is 3.40. The number of anilines is 1. The number of benzene rings is 2. The summed E-state index contributed by atoms with van der Waals surface area (Å²) in [5, 5.41) is 59.1. The second-order valence-electron chi connectivity index (χ2n) is 12.6. The number of sulfone groups is 1. The number of carbonyl (C=O) groups excluding carboxylic acids is 2. The molecule has 58 heavy (non-hydrogen) atoms. The molecule has 7 rings (SSSR count). The molecule has 2 amide bonds. The van der Waals surface area contributed by atoms with Gasteiger partial charge in [-0.25, -0.2) is 32.6 Å². The number of aliphatic imine (C=N–C) groups is 1. The number of carboxylic acid groups (broad SMARTS) is 1. The van der Waals surface area contributed by atoms with Gasteiger partial charge in [-0.1, -0.05) is 5.16 Å². The molecule has 4 aliphatic rings. The average molecular weight is 876 g/mol. The summed E-state index contributed by atoms with van der Waals surface area (Å²) < 4.78 is 40.5. The number of hydrogen-bond acceptors (Lipinski definition) is 20. The maximum atomic E-state index is 14.4. The molecule has 3 aromatic rings. The first-order valence-corrected chi connectivity index (χ1v) is 21.1. The van der Waals surface area contributed by atoms with Crippen LogP contribution < -0.4 is 16.6 Å². The van der Waals surface area contributed by atoms with Crippen LogP contribution in [0.5, 0.6) is 23.0 Å². The van der Waals surface area contributed by atoms with Gasteiger partial charge < -0.3 is 41.4 Å². The molecule has 2 aromatic carbocycles. The number of phenols is 4. The smallest absolute Gasteiger partial charge is 0.352 e. The topological polar surface area (TPSA) is 293 Å². The number of carbonyl (C=O) groups is 3. The molecule has 0 unspecified atom stereocenters. The average Bonchev–Trinajstić information content (AvgIpc) is 3.79. The van der Waals surface area contributed by atoms with Gasteiger partial charge in [0.1, 0.15) is 35.3 Å². The van der Waals surface area contributed by atoms with Crippen molar-refractivity contribution in [1.82, 2.24) is 30.8 Å². The van der Waals surface area contributed by atoms with Crippen molar-refractivity contribution in [2.24, 2.45) is 10.1 Å². The molecule has 20 nitrogen and oxygen atoms in total. The van der Waals surface area contributed by atoms with Gasteiger partial charge >= 0.3 is 5.97 Å². The van der Waals surface area contributed by atoms with Crippen LogP contribution in [0.1, 0.15) is 18.2 Å². The molecule has 1 saturated heterocycles. The summed E-state index contributed by atoms with van der Waals surface area (Å²) in [6, 6.07) is 4.16. The van der Waals surface area contributed by atoms with Crippen molar-refractivity contribution < 1.29 is 57.6 Å². The third-order valence-corrected chi connectivity index (χ3v) is 13.3. The van der Waals surface area contributed by atoms with Crippen LogP contribution in [0.25, 0.3) is 0 Å². The molecule has 4 aliphatic heterocycles. The lowest BCUT2D eigenvalue weighted by Gasteiger charge is -2.49. The quantitative estimate of drug-likeness (QED) is 0.0524. The molecule has 25 heteroatoms. The number of allylic oxidation sites excluding steroid dienone is 1. The zero-order chi connectivity index (χ0) is 41.6. The molecule has 1 aromatic heterocycles. The number of carboxylic acids is 1. The maximum absolute atomic E-state index is 14.4.